The van der Waals surface area contributed by atoms with E-state index < -0.39 is 0 Å². The highest BCUT2D eigenvalue weighted by atomic mass is 32.1. The van der Waals surface area contributed by atoms with Crippen LogP contribution in [0.4, 0.5) is 0 Å². The molecule has 0 saturated heterocycles. The van der Waals surface area contributed by atoms with Gasteiger partial charge in [0.25, 0.3) is 0 Å². The standard InChI is InChI=1S/C30H20N4S/c1-2-10-19(11-3-1)33-25-15-7-4-12-20(25)22-18-23-21-13-5-8-16-26(21)34(29(23)32-28(22)33)30-31-24-14-6-9-17-27(24)35-30/h1-2,4-10,12-18H,3,11H2. The van der Waals surface area contributed by atoms with Crippen LogP contribution in [0.15, 0.2) is 97.1 Å². The summed E-state index contributed by atoms with van der Waals surface area (Å²) in [5, 5.41) is 5.74. The molecule has 7 aromatic rings. The molecule has 1 aliphatic rings. The van der Waals surface area contributed by atoms with Crippen molar-refractivity contribution in [2.75, 3.05) is 0 Å². The molecule has 5 heteroatoms. The van der Waals surface area contributed by atoms with Crippen molar-refractivity contribution in [1.82, 2.24) is 19.1 Å². The van der Waals surface area contributed by atoms with E-state index >= 15 is 0 Å². The first-order chi connectivity index (χ1) is 17.4. The Morgan fingerprint density at radius 3 is 2.11 bits per heavy atom. The molecule has 1 aliphatic carbocycles. The smallest absolute Gasteiger partial charge is 0.196 e. The summed E-state index contributed by atoms with van der Waals surface area (Å²) in [6.45, 7) is 0. The summed E-state index contributed by atoms with van der Waals surface area (Å²) in [7, 11) is 0. The Morgan fingerprint density at radius 1 is 0.686 bits per heavy atom. The Labute approximate surface area is 205 Å². The molecule has 0 unspecified atom stereocenters. The van der Waals surface area contributed by atoms with E-state index in [0.717, 1.165) is 45.7 Å². The van der Waals surface area contributed by atoms with E-state index in [9.17, 15) is 0 Å². The number of rotatable bonds is 2. The number of allylic oxidation sites excluding steroid dienone is 4. The molecule has 0 radical (unpaired) electrons. The van der Waals surface area contributed by atoms with Crippen molar-refractivity contribution < 1.29 is 0 Å². The number of thiazole rings is 1. The largest absolute Gasteiger partial charge is 0.298 e. The van der Waals surface area contributed by atoms with Gasteiger partial charge in [-0.15, -0.1) is 0 Å². The molecule has 35 heavy (non-hydrogen) atoms. The van der Waals surface area contributed by atoms with Gasteiger partial charge < -0.3 is 0 Å². The molecule has 166 valence electrons. The first-order valence-corrected chi connectivity index (χ1v) is 12.7. The molecule has 0 bridgehead atoms. The van der Waals surface area contributed by atoms with Crippen LogP contribution in [0, 0.1) is 0 Å². The van der Waals surface area contributed by atoms with E-state index in [1.165, 1.54) is 32.1 Å². The average molecular weight is 469 g/mol. The first kappa shape index (κ1) is 19.1. The van der Waals surface area contributed by atoms with Gasteiger partial charge in [-0.2, -0.15) is 0 Å². The highest BCUT2D eigenvalue weighted by Crippen LogP contribution is 2.39. The Bertz CT molecular complexity index is 1980. The van der Waals surface area contributed by atoms with Crippen LogP contribution in [0.1, 0.15) is 12.8 Å². The van der Waals surface area contributed by atoms with Crippen molar-refractivity contribution in [3.63, 3.8) is 0 Å². The van der Waals surface area contributed by atoms with Crippen LogP contribution in [-0.2, 0) is 0 Å². The van der Waals surface area contributed by atoms with Gasteiger partial charge in [0, 0.05) is 27.2 Å². The SMILES string of the molecule is C1=CCCC(n2c3ccccc3c3cc4c5ccccc5n(-c5nc6ccccc6s5)c4nc32)=C1. The first-order valence-electron chi connectivity index (χ1n) is 11.9. The predicted molar refractivity (Wildman–Crippen MR) is 147 cm³/mol. The van der Waals surface area contributed by atoms with Crippen molar-refractivity contribution in [2.24, 2.45) is 0 Å². The zero-order valence-electron chi connectivity index (χ0n) is 18.8. The van der Waals surface area contributed by atoms with Gasteiger partial charge in [0.05, 0.1) is 21.3 Å². The average Bonchev–Trinajstić information content (AvgIpc) is 3.57. The molecule has 0 aliphatic heterocycles. The fourth-order valence-corrected chi connectivity index (χ4v) is 6.45. The molecule has 8 rings (SSSR count). The molecule has 0 fully saturated rings. The number of aromatic nitrogens is 4. The Kier molecular flexibility index (Phi) is 3.90. The maximum Gasteiger partial charge on any atom is 0.196 e. The van der Waals surface area contributed by atoms with Crippen LogP contribution in [0.25, 0.3) is 64.9 Å². The van der Waals surface area contributed by atoms with Crippen LogP contribution in [0.2, 0.25) is 0 Å². The third kappa shape index (κ3) is 2.67. The molecule has 0 N–H and O–H groups in total. The van der Waals surface area contributed by atoms with Gasteiger partial charge in [-0.25, -0.2) is 9.97 Å². The van der Waals surface area contributed by atoms with Crippen LogP contribution in [-0.4, -0.2) is 19.1 Å². The minimum Gasteiger partial charge on any atom is -0.298 e. The quantitative estimate of drug-likeness (QED) is 0.257. The van der Waals surface area contributed by atoms with Crippen molar-refractivity contribution in [3.8, 4) is 5.13 Å². The summed E-state index contributed by atoms with van der Waals surface area (Å²) in [5.74, 6) is 0. The molecule has 4 aromatic heterocycles. The number of hydrogen-bond acceptors (Lipinski definition) is 3. The van der Waals surface area contributed by atoms with Gasteiger partial charge in [0.15, 0.2) is 5.13 Å². The van der Waals surface area contributed by atoms with E-state index in [2.05, 4.69) is 100 Å². The molecule has 0 amide bonds. The lowest BCUT2D eigenvalue weighted by Gasteiger charge is -2.13. The number of nitrogens with zero attached hydrogens (tertiary/aromatic N) is 4. The minimum atomic E-state index is 0.951. The lowest BCUT2D eigenvalue weighted by Crippen LogP contribution is -2.01. The molecular formula is C30H20N4S. The van der Waals surface area contributed by atoms with Crippen molar-refractivity contribution in [3.05, 3.63) is 97.1 Å². The van der Waals surface area contributed by atoms with Gasteiger partial charge in [-0.05, 0) is 49.2 Å². The lowest BCUT2D eigenvalue weighted by atomic mass is 10.1. The number of para-hydroxylation sites is 3. The maximum atomic E-state index is 5.40. The molecule has 0 saturated carbocycles. The van der Waals surface area contributed by atoms with Gasteiger partial charge in [-0.1, -0.05) is 72.0 Å². The highest BCUT2D eigenvalue weighted by Gasteiger charge is 2.21. The summed E-state index contributed by atoms with van der Waals surface area (Å²) in [6, 6.07) is 27.9. The second-order valence-electron chi connectivity index (χ2n) is 9.02. The maximum absolute atomic E-state index is 5.40. The Balaban J connectivity index is 1.55. The predicted octanol–water partition coefficient (Wildman–Crippen LogP) is 8.09. The Morgan fingerprint density at radius 2 is 1.37 bits per heavy atom. The lowest BCUT2D eigenvalue weighted by molar-refractivity contribution is 0.971. The molecule has 0 atom stereocenters. The van der Waals surface area contributed by atoms with Crippen molar-refractivity contribution >= 4 is 71.1 Å². The van der Waals surface area contributed by atoms with Gasteiger partial charge >= 0.3 is 0 Å². The molecule has 4 nitrogen and oxygen atoms in total. The topological polar surface area (TPSA) is 35.6 Å². The molecule has 3 aromatic carbocycles. The molecule has 4 heterocycles. The second-order valence-corrected chi connectivity index (χ2v) is 10.0. The summed E-state index contributed by atoms with van der Waals surface area (Å²) in [4.78, 5) is 10.4. The normalized spacial score (nSPS) is 14.1. The van der Waals surface area contributed by atoms with Gasteiger partial charge in [0.2, 0.25) is 0 Å². The van der Waals surface area contributed by atoms with Crippen LogP contribution >= 0.6 is 11.3 Å². The molecule has 0 spiro atoms. The number of benzene rings is 3. The Hall–Kier alpha value is -4.22. The second kappa shape index (κ2) is 7.14. The number of pyridine rings is 1. The third-order valence-corrected chi connectivity index (χ3v) is 8.05. The van der Waals surface area contributed by atoms with E-state index in [1.54, 1.807) is 11.3 Å². The summed E-state index contributed by atoms with van der Waals surface area (Å²) in [6.07, 6.45) is 8.67. The molecular weight excluding hydrogens is 448 g/mol. The minimum absolute atomic E-state index is 0.951. The van der Waals surface area contributed by atoms with Crippen LogP contribution in [0.3, 0.4) is 0 Å². The van der Waals surface area contributed by atoms with Crippen LogP contribution < -0.4 is 0 Å². The number of fused-ring (bicyclic) bond motifs is 7. The fourth-order valence-electron chi connectivity index (χ4n) is 5.47. The number of hydrogen-bond donors (Lipinski definition) is 0. The van der Waals surface area contributed by atoms with Crippen molar-refractivity contribution in [1.29, 1.82) is 0 Å². The third-order valence-electron chi connectivity index (χ3n) is 7.03. The van der Waals surface area contributed by atoms with E-state index in [1.807, 2.05) is 6.07 Å². The summed E-state index contributed by atoms with van der Waals surface area (Å²) in [5.41, 5.74) is 6.61. The van der Waals surface area contributed by atoms with E-state index in [-0.39, 0.29) is 0 Å². The van der Waals surface area contributed by atoms with E-state index in [0.29, 0.717) is 0 Å². The van der Waals surface area contributed by atoms with E-state index in [4.69, 9.17) is 9.97 Å². The zero-order chi connectivity index (χ0) is 22.9. The zero-order valence-corrected chi connectivity index (χ0v) is 19.7. The van der Waals surface area contributed by atoms with Crippen molar-refractivity contribution in [2.45, 2.75) is 12.8 Å². The van der Waals surface area contributed by atoms with Crippen LogP contribution in [0.5, 0.6) is 0 Å². The summed E-state index contributed by atoms with van der Waals surface area (Å²) < 4.78 is 5.78. The van der Waals surface area contributed by atoms with Gasteiger partial charge in [0.1, 0.15) is 11.3 Å². The van der Waals surface area contributed by atoms with Gasteiger partial charge in [-0.3, -0.25) is 9.13 Å². The summed E-state index contributed by atoms with van der Waals surface area (Å²) >= 11 is 1.71. The fraction of sp³-hybridized carbons (Fsp3) is 0.0667. The monoisotopic (exact) mass is 468 g/mol. The highest BCUT2D eigenvalue weighted by molar-refractivity contribution is 7.20.